The minimum atomic E-state index is -0.689. The molecule has 1 saturated carbocycles. The van der Waals surface area contributed by atoms with Crippen LogP contribution in [0, 0.1) is 11.3 Å². The third kappa shape index (κ3) is 3.82. The quantitative estimate of drug-likeness (QED) is 0.562. The van der Waals surface area contributed by atoms with Crippen molar-refractivity contribution in [1.82, 2.24) is 10.2 Å². The van der Waals surface area contributed by atoms with Gasteiger partial charge in [0.25, 0.3) is 0 Å². The van der Waals surface area contributed by atoms with Crippen LogP contribution in [0.25, 0.3) is 11.3 Å². The molecule has 26 heavy (non-hydrogen) atoms. The second kappa shape index (κ2) is 7.51. The zero-order valence-corrected chi connectivity index (χ0v) is 14.7. The third-order valence-corrected chi connectivity index (χ3v) is 5.10. The number of hydrogen-bond acceptors (Lipinski definition) is 5. The number of nitrogens with one attached hydrogen (secondary N) is 1. The Balaban J connectivity index is 1.67. The summed E-state index contributed by atoms with van der Waals surface area (Å²) >= 11 is 0. The Labute approximate surface area is 152 Å². The van der Waals surface area contributed by atoms with Gasteiger partial charge in [0.1, 0.15) is 5.84 Å². The summed E-state index contributed by atoms with van der Waals surface area (Å²) in [6, 6.07) is 11.5. The van der Waals surface area contributed by atoms with Gasteiger partial charge in [0.05, 0.1) is 11.6 Å². The molecule has 0 aliphatic heterocycles. The summed E-state index contributed by atoms with van der Waals surface area (Å²) in [5.41, 5.74) is 7.82. The average molecular weight is 353 g/mol. The van der Waals surface area contributed by atoms with E-state index in [1.807, 2.05) is 31.3 Å². The van der Waals surface area contributed by atoms with E-state index in [0.717, 1.165) is 29.9 Å². The van der Waals surface area contributed by atoms with E-state index in [1.54, 1.807) is 12.1 Å². The molecule has 7 nitrogen and oxygen atoms in total. The van der Waals surface area contributed by atoms with Gasteiger partial charge in [-0.3, -0.25) is 10.2 Å². The summed E-state index contributed by atoms with van der Waals surface area (Å²) in [4.78, 5) is 13.2. The summed E-state index contributed by atoms with van der Waals surface area (Å²) < 4.78 is 0. The highest BCUT2D eigenvalue weighted by Crippen LogP contribution is 2.29. The van der Waals surface area contributed by atoms with Crippen molar-refractivity contribution in [2.24, 2.45) is 11.7 Å². The standard InChI is InChI=1S/C19H23N5O2/c1-24(15-8-6-14(7-9-15)19(25)26)17-11-10-16(22-23-17)12-2-4-13(5-3-12)18(20)21/h2-5,10-11,14-15H,6-9H2,1H3,(H3,20,21)(H,25,26)/t14-,15-. The molecule has 1 aliphatic rings. The van der Waals surface area contributed by atoms with Gasteiger partial charge in [0, 0.05) is 24.2 Å². The fourth-order valence-corrected chi connectivity index (χ4v) is 3.38. The number of anilines is 1. The van der Waals surface area contributed by atoms with Gasteiger partial charge in [-0.2, -0.15) is 0 Å². The van der Waals surface area contributed by atoms with Crippen molar-refractivity contribution in [2.45, 2.75) is 31.7 Å². The van der Waals surface area contributed by atoms with Gasteiger partial charge in [-0.1, -0.05) is 24.3 Å². The number of nitrogens with two attached hydrogens (primary N) is 1. The molecule has 1 aromatic carbocycles. The SMILES string of the molecule is CN(c1ccc(-c2ccc(C(=N)N)cc2)nn1)[C@H]1CC[C@H](C(=O)O)CC1. The van der Waals surface area contributed by atoms with Crippen molar-refractivity contribution in [1.29, 1.82) is 5.41 Å². The number of hydrogen-bond donors (Lipinski definition) is 3. The number of amidine groups is 1. The zero-order chi connectivity index (χ0) is 18.7. The highest BCUT2D eigenvalue weighted by molar-refractivity contribution is 5.95. The number of aromatic nitrogens is 2. The van der Waals surface area contributed by atoms with E-state index in [-0.39, 0.29) is 11.8 Å². The van der Waals surface area contributed by atoms with Gasteiger partial charge in [-0.05, 0) is 37.8 Å². The Kier molecular flexibility index (Phi) is 5.16. The van der Waals surface area contributed by atoms with Crippen LogP contribution in [0.5, 0.6) is 0 Å². The minimum absolute atomic E-state index is 0.0391. The molecule has 1 aliphatic carbocycles. The van der Waals surface area contributed by atoms with E-state index < -0.39 is 5.97 Å². The van der Waals surface area contributed by atoms with Gasteiger partial charge in [0.2, 0.25) is 0 Å². The Morgan fingerprint density at radius 3 is 2.27 bits per heavy atom. The normalized spacial score (nSPS) is 19.7. The molecule has 0 unspecified atom stereocenters. The molecule has 1 fully saturated rings. The lowest BCUT2D eigenvalue weighted by Gasteiger charge is -2.33. The third-order valence-electron chi connectivity index (χ3n) is 5.10. The molecule has 7 heteroatoms. The highest BCUT2D eigenvalue weighted by atomic mass is 16.4. The van der Waals surface area contributed by atoms with Crippen LogP contribution < -0.4 is 10.6 Å². The second-order valence-corrected chi connectivity index (χ2v) is 6.72. The first-order chi connectivity index (χ1) is 12.5. The first-order valence-corrected chi connectivity index (χ1v) is 8.70. The molecule has 1 aromatic heterocycles. The fourth-order valence-electron chi connectivity index (χ4n) is 3.38. The highest BCUT2D eigenvalue weighted by Gasteiger charge is 2.28. The summed E-state index contributed by atoms with van der Waals surface area (Å²) in [6.45, 7) is 0. The molecule has 136 valence electrons. The Morgan fingerprint density at radius 2 is 1.77 bits per heavy atom. The van der Waals surface area contributed by atoms with Crippen LogP contribution >= 0.6 is 0 Å². The van der Waals surface area contributed by atoms with E-state index in [4.69, 9.17) is 16.2 Å². The number of carboxylic acids is 1. The van der Waals surface area contributed by atoms with Crippen molar-refractivity contribution in [3.63, 3.8) is 0 Å². The molecule has 0 amide bonds. The number of rotatable bonds is 5. The van der Waals surface area contributed by atoms with Crippen LogP contribution in [0.2, 0.25) is 0 Å². The molecule has 0 atom stereocenters. The summed E-state index contributed by atoms with van der Waals surface area (Å²) in [6.07, 6.45) is 3.11. The average Bonchev–Trinajstić information content (AvgIpc) is 2.67. The monoisotopic (exact) mass is 353 g/mol. The Morgan fingerprint density at radius 1 is 1.12 bits per heavy atom. The number of carboxylic acid groups (broad SMARTS) is 1. The van der Waals surface area contributed by atoms with Crippen LogP contribution in [0.15, 0.2) is 36.4 Å². The second-order valence-electron chi connectivity index (χ2n) is 6.72. The maximum atomic E-state index is 11.1. The van der Waals surface area contributed by atoms with Crippen molar-refractivity contribution in [3.05, 3.63) is 42.0 Å². The molecule has 0 spiro atoms. The molecule has 0 radical (unpaired) electrons. The molecular formula is C19H23N5O2. The maximum Gasteiger partial charge on any atom is 0.306 e. The van der Waals surface area contributed by atoms with Crippen LogP contribution in [0.4, 0.5) is 5.82 Å². The first kappa shape index (κ1) is 17.8. The van der Waals surface area contributed by atoms with E-state index in [1.165, 1.54) is 0 Å². The van der Waals surface area contributed by atoms with Crippen LogP contribution in [0.3, 0.4) is 0 Å². The number of benzene rings is 1. The molecular weight excluding hydrogens is 330 g/mol. The van der Waals surface area contributed by atoms with Crippen molar-refractivity contribution >= 4 is 17.6 Å². The summed E-state index contributed by atoms with van der Waals surface area (Å²) in [7, 11) is 1.98. The smallest absolute Gasteiger partial charge is 0.306 e. The van der Waals surface area contributed by atoms with Gasteiger partial charge in [0.15, 0.2) is 5.82 Å². The number of nitrogens with zero attached hydrogens (tertiary/aromatic N) is 3. The van der Waals surface area contributed by atoms with E-state index in [2.05, 4.69) is 15.1 Å². The van der Waals surface area contributed by atoms with Crippen molar-refractivity contribution in [3.8, 4) is 11.3 Å². The number of aliphatic carboxylic acids is 1. The fraction of sp³-hybridized carbons (Fsp3) is 0.368. The van der Waals surface area contributed by atoms with E-state index in [0.29, 0.717) is 24.4 Å². The Bertz CT molecular complexity index is 781. The predicted molar refractivity (Wildman–Crippen MR) is 100 cm³/mol. The predicted octanol–water partition coefficient (Wildman–Crippen LogP) is 2.51. The molecule has 1 heterocycles. The minimum Gasteiger partial charge on any atom is -0.481 e. The van der Waals surface area contributed by atoms with E-state index in [9.17, 15) is 4.79 Å². The molecule has 0 saturated heterocycles. The van der Waals surface area contributed by atoms with Crippen molar-refractivity contribution < 1.29 is 9.90 Å². The lowest BCUT2D eigenvalue weighted by atomic mass is 9.85. The van der Waals surface area contributed by atoms with Gasteiger partial charge < -0.3 is 15.7 Å². The largest absolute Gasteiger partial charge is 0.481 e. The topological polar surface area (TPSA) is 116 Å². The van der Waals surface area contributed by atoms with E-state index >= 15 is 0 Å². The maximum absolute atomic E-state index is 11.1. The molecule has 3 rings (SSSR count). The lowest BCUT2D eigenvalue weighted by Crippen LogP contribution is -2.37. The van der Waals surface area contributed by atoms with Crippen molar-refractivity contribution in [2.75, 3.05) is 11.9 Å². The molecule has 2 aromatic rings. The molecule has 4 N–H and O–H groups in total. The number of nitrogen functional groups attached to an aromatic ring is 1. The lowest BCUT2D eigenvalue weighted by molar-refractivity contribution is -0.142. The summed E-state index contributed by atoms with van der Waals surface area (Å²) in [5, 5.41) is 25.2. The summed E-state index contributed by atoms with van der Waals surface area (Å²) in [5.74, 6) is -0.0813. The van der Waals surface area contributed by atoms with Crippen LogP contribution in [0.1, 0.15) is 31.2 Å². The van der Waals surface area contributed by atoms with Gasteiger partial charge >= 0.3 is 5.97 Å². The molecule has 0 bridgehead atoms. The van der Waals surface area contributed by atoms with Crippen LogP contribution in [-0.2, 0) is 4.79 Å². The zero-order valence-electron chi connectivity index (χ0n) is 14.7. The van der Waals surface area contributed by atoms with Gasteiger partial charge in [-0.25, -0.2) is 0 Å². The van der Waals surface area contributed by atoms with Crippen LogP contribution in [-0.4, -0.2) is 40.2 Å². The first-order valence-electron chi connectivity index (χ1n) is 8.70. The van der Waals surface area contributed by atoms with Gasteiger partial charge in [-0.15, -0.1) is 10.2 Å². The number of carbonyl (C=O) groups is 1. The Hall–Kier alpha value is -2.96.